The third-order valence-electron chi connectivity index (χ3n) is 2.89. The van der Waals surface area contributed by atoms with Crippen molar-refractivity contribution in [3.05, 3.63) is 57.2 Å². The van der Waals surface area contributed by atoms with Crippen molar-refractivity contribution in [2.45, 2.75) is 6.92 Å². The molecule has 0 fully saturated rings. The zero-order chi connectivity index (χ0) is 16.1. The van der Waals surface area contributed by atoms with Crippen LogP contribution in [0.2, 0.25) is 0 Å². The number of ether oxygens (including phenoxy) is 1. The molecule has 0 heterocycles. The number of phenols is 1. The monoisotopic (exact) mass is 411 g/mol. The SMILES string of the molecule is Cc1ccc(C(=O)OCC(=O)Nc2cccc(I)c2)cc1O. The van der Waals surface area contributed by atoms with Gasteiger partial charge in [-0.15, -0.1) is 0 Å². The van der Waals surface area contributed by atoms with E-state index in [0.29, 0.717) is 11.3 Å². The van der Waals surface area contributed by atoms with Gasteiger partial charge in [-0.25, -0.2) is 4.79 Å². The number of amides is 1. The molecular formula is C16H14INO4. The summed E-state index contributed by atoms with van der Waals surface area (Å²) in [6.07, 6.45) is 0. The molecule has 2 aromatic rings. The summed E-state index contributed by atoms with van der Waals surface area (Å²) >= 11 is 2.14. The van der Waals surface area contributed by atoms with Crippen LogP contribution in [0.4, 0.5) is 5.69 Å². The molecule has 0 aliphatic rings. The Labute approximate surface area is 141 Å². The van der Waals surface area contributed by atoms with E-state index >= 15 is 0 Å². The number of aryl methyl sites for hydroxylation is 1. The van der Waals surface area contributed by atoms with Gasteiger partial charge >= 0.3 is 5.97 Å². The second-order valence-electron chi connectivity index (χ2n) is 4.64. The minimum absolute atomic E-state index is 0.0118. The molecule has 114 valence electrons. The lowest BCUT2D eigenvalue weighted by Gasteiger charge is -2.07. The minimum Gasteiger partial charge on any atom is -0.508 e. The molecule has 0 saturated carbocycles. The van der Waals surface area contributed by atoms with Crippen molar-refractivity contribution in [1.82, 2.24) is 0 Å². The number of anilines is 1. The molecule has 0 aliphatic carbocycles. The molecule has 0 atom stereocenters. The van der Waals surface area contributed by atoms with Crippen molar-refractivity contribution in [2.24, 2.45) is 0 Å². The van der Waals surface area contributed by atoms with Gasteiger partial charge in [0, 0.05) is 9.26 Å². The van der Waals surface area contributed by atoms with Crippen LogP contribution in [-0.4, -0.2) is 23.6 Å². The molecule has 0 saturated heterocycles. The normalized spacial score (nSPS) is 10.1. The highest BCUT2D eigenvalue weighted by molar-refractivity contribution is 14.1. The summed E-state index contributed by atoms with van der Waals surface area (Å²) in [6.45, 7) is 1.33. The van der Waals surface area contributed by atoms with Crippen molar-refractivity contribution in [3.63, 3.8) is 0 Å². The Morgan fingerprint density at radius 1 is 1.23 bits per heavy atom. The number of esters is 1. The highest BCUT2D eigenvalue weighted by Crippen LogP contribution is 2.18. The maximum Gasteiger partial charge on any atom is 0.338 e. The van der Waals surface area contributed by atoms with Gasteiger partial charge < -0.3 is 15.2 Å². The summed E-state index contributed by atoms with van der Waals surface area (Å²) in [5.74, 6) is -1.07. The second kappa shape index (κ2) is 7.26. The van der Waals surface area contributed by atoms with Crippen molar-refractivity contribution >= 4 is 40.2 Å². The average Bonchev–Trinajstić information content (AvgIpc) is 2.47. The molecule has 0 aromatic heterocycles. The molecule has 0 aliphatic heterocycles. The fourth-order valence-electron chi connectivity index (χ4n) is 1.71. The predicted octanol–water partition coefficient (Wildman–Crippen LogP) is 3.10. The van der Waals surface area contributed by atoms with Crippen LogP contribution in [0.5, 0.6) is 5.75 Å². The van der Waals surface area contributed by atoms with Crippen molar-refractivity contribution in [1.29, 1.82) is 0 Å². The average molecular weight is 411 g/mol. The van der Waals surface area contributed by atoms with Gasteiger partial charge in [0.2, 0.25) is 0 Å². The first-order valence-electron chi connectivity index (χ1n) is 6.48. The largest absolute Gasteiger partial charge is 0.508 e. The van der Waals surface area contributed by atoms with Gasteiger partial charge in [0.25, 0.3) is 5.91 Å². The summed E-state index contributed by atoms with van der Waals surface area (Å²) in [6, 6.07) is 11.7. The van der Waals surface area contributed by atoms with Gasteiger partial charge in [-0.05, 0) is 65.4 Å². The number of halogens is 1. The zero-order valence-electron chi connectivity index (χ0n) is 11.8. The van der Waals surface area contributed by atoms with Gasteiger partial charge in [-0.2, -0.15) is 0 Å². The first-order valence-corrected chi connectivity index (χ1v) is 7.56. The molecule has 0 radical (unpaired) electrons. The van der Waals surface area contributed by atoms with Crippen LogP contribution in [0.25, 0.3) is 0 Å². The van der Waals surface area contributed by atoms with Crippen molar-refractivity contribution in [3.8, 4) is 5.75 Å². The standard InChI is InChI=1S/C16H14INO4/c1-10-5-6-11(7-14(10)19)16(21)22-9-15(20)18-13-4-2-3-12(17)8-13/h2-8,19H,9H2,1H3,(H,18,20). The Kier molecular flexibility index (Phi) is 5.37. The summed E-state index contributed by atoms with van der Waals surface area (Å²) in [5.41, 5.74) is 1.50. The third-order valence-corrected chi connectivity index (χ3v) is 3.56. The molecule has 0 bridgehead atoms. The second-order valence-corrected chi connectivity index (χ2v) is 5.88. The van der Waals surface area contributed by atoms with E-state index in [4.69, 9.17) is 4.74 Å². The van der Waals surface area contributed by atoms with Gasteiger partial charge in [0.1, 0.15) is 5.75 Å². The molecule has 5 nitrogen and oxygen atoms in total. The fourth-order valence-corrected chi connectivity index (χ4v) is 2.26. The Balaban J connectivity index is 1.90. The Morgan fingerprint density at radius 3 is 2.68 bits per heavy atom. The fraction of sp³-hybridized carbons (Fsp3) is 0.125. The summed E-state index contributed by atoms with van der Waals surface area (Å²) in [4.78, 5) is 23.5. The molecule has 2 N–H and O–H groups in total. The van der Waals surface area contributed by atoms with Crippen LogP contribution in [0.3, 0.4) is 0 Å². The van der Waals surface area contributed by atoms with E-state index in [1.807, 2.05) is 12.1 Å². The van der Waals surface area contributed by atoms with Crippen LogP contribution in [0.1, 0.15) is 15.9 Å². The van der Waals surface area contributed by atoms with Gasteiger partial charge in [-0.1, -0.05) is 12.1 Å². The van der Waals surface area contributed by atoms with E-state index < -0.39 is 11.9 Å². The Morgan fingerprint density at radius 2 is 2.00 bits per heavy atom. The summed E-state index contributed by atoms with van der Waals surface area (Å²) < 4.78 is 5.91. The van der Waals surface area contributed by atoms with Gasteiger partial charge in [0.05, 0.1) is 5.56 Å². The summed E-state index contributed by atoms with van der Waals surface area (Å²) in [5, 5.41) is 12.2. The topological polar surface area (TPSA) is 75.6 Å². The molecular weight excluding hydrogens is 397 g/mol. The summed E-state index contributed by atoms with van der Waals surface area (Å²) in [7, 11) is 0. The lowest BCUT2D eigenvalue weighted by Crippen LogP contribution is -2.20. The quantitative estimate of drug-likeness (QED) is 0.599. The van der Waals surface area contributed by atoms with Crippen LogP contribution in [0, 0.1) is 10.5 Å². The van der Waals surface area contributed by atoms with Crippen LogP contribution in [0.15, 0.2) is 42.5 Å². The number of hydrogen-bond acceptors (Lipinski definition) is 4. The number of nitrogens with one attached hydrogen (secondary N) is 1. The molecule has 2 aromatic carbocycles. The number of carbonyl (C=O) groups excluding carboxylic acids is 2. The minimum atomic E-state index is -0.659. The molecule has 0 spiro atoms. The highest BCUT2D eigenvalue weighted by Gasteiger charge is 2.12. The number of rotatable bonds is 4. The molecule has 1 amide bonds. The van der Waals surface area contributed by atoms with E-state index in [2.05, 4.69) is 27.9 Å². The van der Waals surface area contributed by atoms with Crippen LogP contribution < -0.4 is 5.32 Å². The maximum atomic E-state index is 11.8. The smallest absolute Gasteiger partial charge is 0.338 e. The Bertz CT molecular complexity index is 715. The third kappa shape index (κ3) is 4.45. The van der Waals surface area contributed by atoms with E-state index in [9.17, 15) is 14.7 Å². The van der Waals surface area contributed by atoms with Crippen LogP contribution in [-0.2, 0) is 9.53 Å². The van der Waals surface area contributed by atoms with Crippen molar-refractivity contribution < 1.29 is 19.4 Å². The predicted molar refractivity (Wildman–Crippen MR) is 90.9 cm³/mol. The zero-order valence-corrected chi connectivity index (χ0v) is 14.0. The van der Waals surface area contributed by atoms with E-state index in [0.717, 1.165) is 3.57 Å². The first-order chi connectivity index (χ1) is 10.5. The van der Waals surface area contributed by atoms with E-state index in [1.54, 1.807) is 25.1 Å². The number of benzene rings is 2. The first kappa shape index (κ1) is 16.3. The number of aromatic hydroxyl groups is 1. The lowest BCUT2D eigenvalue weighted by atomic mass is 10.1. The van der Waals surface area contributed by atoms with Gasteiger partial charge in [-0.3, -0.25) is 4.79 Å². The molecule has 22 heavy (non-hydrogen) atoms. The number of carbonyl (C=O) groups is 2. The van der Waals surface area contributed by atoms with Gasteiger partial charge in [0.15, 0.2) is 6.61 Å². The molecule has 2 rings (SSSR count). The number of hydrogen-bond donors (Lipinski definition) is 2. The molecule has 0 unspecified atom stereocenters. The Hall–Kier alpha value is -2.09. The van der Waals surface area contributed by atoms with Crippen LogP contribution >= 0.6 is 22.6 Å². The van der Waals surface area contributed by atoms with Crippen molar-refractivity contribution in [2.75, 3.05) is 11.9 Å². The van der Waals surface area contributed by atoms with E-state index in [1.165, 1.54) is 12.1 Å². The number of phenolic OH excluding ortho intramolecular Hbond substituents is 1. The highest BCUT2D eigenvalue weighted by atomic mass is 127. The maximum absolute atomic E-state index is 11.8. The molecule has 6 heteroatoms. The van der Waals surface area contributed by atoms with E-state index in [-0.39, 0.29) is 17.9 Å². The lowest BCUT2D eigenvalue weighted by molar-refractivity contribution is -0.119.